The lowest BCUT2D eigenvalue weighted by Gasteiger charge is -2.13. The van der Waals surface area contributed by atoms with Gasteiger partial charge in [-0.15, -0.1) is 0 Å². The monoisotopic (exact) mass is 215 g/mol. The summed E-state index contributed by atoms with van der Waals surface area (Å²) < 4.78 is 23.1. The van der Waals surface area contributed by atoms with E-state index < -0.39 is 9.84 Å². The van der Waals surface area contributed by atoms with Crippen LogP contribution in [0, 0.1) is 0 Å². The van der Waals surface area contributed by atoms with E-state index in [1.807, 2.05) is 0 Å². The number of hydrogen-bond acceptors (Lipinski definition) is 5. The number of hydrogen-bond donors (Lipinski definition) is 1. The number of sulfone groups is 1. The van der Waals surface area contributed by atoms with E-state index in [1.54, 1.807) is 0 Å². The van der Waals surface area contributed by atoms with Gasteiger partial charge in [-0.25, -0.2) is 13.4 Å². The predicted octanol–water partition coefficient (Wildman–Crippen LogP) is -0.333. The average molecular weight is 215 g/mol. The maximum atomic E-state index is 11.5. The highest BCUT2D eigenvalue weighted by Gasteiger charge is 2.29. The van der Waals surface area contributed by atoms with Crippen LogP contribution in [0.2, 0.25) is 0 Å². The maximum absolute atomic E-state index is 11.5. The van der Waals surface area contributed by atoms with Crippen LogP contribution >= 0.6 is 0 Å². The number of nitrogens with zero attached hydrogens (tertiary/aromatic N) is 2. The fraction of sp³-hybridized carbons (Fsp3) is 0.625. The molecule has 5 nitrogen and oxygen atoms in total. The molecular formula is C8H13N3O2S. The summed E-state index contributed by atoms with van der Waals surface area (Å²) in [5.41, 5.74) is 5.32. The van der Waals surface area contributed by atoms with E-state index in [-0.39, 0.29) is 10.1 Å². The molecule has 2 aliphatic heterocycles. The van der Waals surface area contributed by atoms with Crippen LogP contribution in [0.1, 0.15) is 12.8 Å². The van der Waals surface area contributed by atoms with Crippen molar-refractivity contribution in [2.24, 2.45) is 10.7 Å². The van der Waals surface area contributed by atoms with Gasteiger partial charge in [0.15, 0.2) is 10.1 Å². The Morgan fingerprint density at radius 1 is 1.43 bits per heavy atom. The summed E-state index contributed by atoms with van der Waals surface area (Å²) in [5.74, 6) is 0. The Kier molecular flexibility index (Phi) is 2.32. The molecule has 2 rings (SSSR count). The third kappa shape index (κ3) is 1.55. The molecule has 78 valence electrons. The molecule has 0 aromatic rings. The summed E-state index contributed by atoms with van der Waals surface area (Å²) in [6.07, 6.45) is 3.49. The molecule has 0 bridgehead atoms. The van der Waals surface area contributed by atoms with Gasteiger partial charge in [-0.1, -0.05) is 0 Å². The molecule has 0 radical (unpaired) electrons. The zero-order valence-corrected chi connectivity index (χ0v) is 8.63. The van der Waals surface area contributed by atoms with Crippen LogP contribution in [-0.4, -0.2) is 38.0 Å². The molecule has 0 unspecified atom stereocenters. The zero-order chi connectivity index (χ0) is 10.2. The first-order valence-corrected chi connectivity index (χ1v) is 6.09. The van der Waals surface area contributed by atoms with E-state index in [4.69, 9.17) is 5.73 Å². The van der Waals surface area contributed by atoms with Crippen molar-refractivity contribution in [1.29, 1.82) is 0 Å². The minimum absolute atomic E-state index is 0.133. The highest BCUT2D eigenvalue weighted by molar-refractivity contribution is 8.10. The fourth-order valence-electron chi connectivity index (χ4n) is 1.67. The molecule has 1 fully saturated rings. The van der Waals surface area contributed by atoms with Crippen LogP contribution in [0.4, 0.5) is 0 Å². The minimum atomic E-state index is -3.41. The van der Waals surface area contributed by atoms with Gasteiger partial charge in [-0.05, 0) is 25.9 Å². The quantitative estimate of drug-likeness (QED) is 0.684. The normalized spacial score (nSPS) is 26.3. The summed E-state index contributed by atoms with van der Waals surface area (Å²) in [6, 6.07) is 0. The van der Waals surface area contributed by atoms with Gasteiger partial charge in [0, 0.05) is 0 Å². The second-order valence-corrected chi connectivity index (χ2v) is 5.49. The number of nitrogens with two attached hydrogens (primary N) is 1. The Labute approximate surface area is 83.2 Å². The molecule has 0 amide bonds. The molecule has 6 heteroatoms. The van der Waals surface area contributed by atoms with Crippen molar-refractivity contribution < 1.29 is 8.42 Å². The van der Waals surface area contributed by atoms with Gasteiger partial charge in [-0.3, -0.25) is 4.90 Å². The summed E-state index contributed by atoms with van der Waals surface area (Å²) in [5, 5.41) is 0.0589. The highest BCUT2D eigenvalue weighted by atomic mass is 32.2. The van der Waals surface area contributed by atoms with Gasteiger partial charge in [0.25, 0.3) is 0 Å². The lowest BCUT2D eigenvalue weighted by atomic mass is 10.4. The van der Waals surface area contributed by atoms with E-state index in [0.29, 0.717) is 6.54 Å². The molecule has 0 atom stereocenters. The molecule has 0 aromatic carbocycles. The van der Waals surface area contributed by atoms with Gasteiger partial charge >= 0.3 is 0 Å². The van der Waals surface area contributed by atoms with Gasteiger partial charge in [0.1, 0.15) is 0 Å². The van der Waals surface area contributed by atoms with Gasteiger partial charge in [-0.2, -0.15) is 0 Å². The van der Waals surface area contributed by atoms with Crippen LogP contribution in [0.5, 0.6) is 0 Å². The largest absolute Gasteiger partial charge is 0.388 e. The van der Waals surface area contributed by atoms with Crippen LogP contribution in [0.15, 0.2) is 16.2 Å². The van der Waals surface area contributed by atoms with Crippen molar-refractivity contribution in [1.82, 2.24) is 4.90 Å². The molecule has 0 saturated carbocycles. The Hall–Kier alpha value is -0.880. The second kappa shape index (κ2) is 3.36. The third-order valence-electron chi connectivity index (χ3n) is 2.51. The Morgan fingerprint density at radius 2 is 2.07 bits per heavy atom. The van der Waals surface area contributed by atoms with E-state index in [2.05, 4.69) is 9.89 Å². The van der Waals surface area contributed by atoms with Gasteiger partial charge in [0.2, 0.25) is 9.84 Å². The van der Waals surface area contributed by atoms with Crippen molar-refractivity contribution in [3.63, 3.8) is 0 Å². The van der Waals surface area contributed by atoms with Gasteiger partial charge in [0.05, 0.1) is 12.7 Å². The molecule has 0 aliphatic carbocycles. The Balaban J connectivity index is 2.08. The first kappa shape index (κ1) is 9.67. The second-order valence-electron chi connectivity index (χ2n) is 3.54. The maximum Gasteiger partial charge on any atom is 0.237 e. The average Bonchev–Trinajstić information content (AvgIpc) is 2.70. The topological polar surface area (TPSA) is 75.8 Å². The SMILES string of the molecule is NC1=CN=C(CN2CCCC2)S1(=O)=O. The van der Waals surface area contributed by atoms with Gasteiger partial charge < -0.3 is 5.73 Å². The van der Waals surface area contributed by atoms with Crippen molar-refractivity contribution >= 4 is 14.9 Å². The van der Waals surface area contributed by atoms with Crippen molar-refractivity contribution in [3.05, 3.63) is 11.2 Å². The van der Waals surface area contributed by atoms with E-state index >= 15 is 0 Å². The first-order chi connectivity index (χ1) is 6.60. The molecule has 0 spiro atoms. The van der Waals surface area contributed by atoms with Crippen molar-refractivity contribution in [2.45, 2.75) is 12.8 Å². The standard InChI is InChI=1S/C8H13N3O2S/c9-7-5-10-8(14(7,12)13)6-11-3-1-2-4-11/h5H,1-4,6,9H2. The van der Waals surface area contributed by atoms with E-state index in [1.165, 1.54) is 6.20 Å². The molecule has 1 saturated heterocycles. The van der Waals surface area contributed by atoms with Crippen LogP contribution < -0.4 is 5.73 Å². The van der Waals surface area contributed by atoms with E-state index in [0.717, 1.165) is 25.9 Å². The summed E-state index contributed by atoms with van der Waals surface area (Å²) in [4.78, 5) is 5.92. The van der Waals surface area contributed by atoms with Crippen molar-refractivity contribution in [3.8, 4) is 0 Å². The smallest absolute Gasteiger partial charge is 0.237 e. The highest BCUT2D eigenvalue weighted by Crippen LogP contribution is 2.15. The predicted molar refractivity (Wildman–Crippen MR) is 54.3 cm³/mol. The molecule has 2 heterocycles. The molecule has 2 aliphatic rings. The molecule has 14 heavy (non-hydrogen) atoms. The molecule has 0 aromatic heterocycles. The van der Waals surface area contributed by atoms with E-state index in [9.17, 15) is 8.42 Å². The van der Waals surface area contributed by atoms with Crippen LogP contribution in [-0.2, 0) is 9.84 Å². The first-order valence-electron chi connectivity index (χ1n) is 4.60. The lowest BCUT2D eigenvalue weighted by Crippen LogP contribution is -2.31. The van der Waals surface area contributed by atoms with Crippen molar-refractivity contribution in [2.75, 3.05) is 19.6 Å². The minimum Gasteiger partial charge on any atom is -0.388 e. The van der Waals surface area contributed by atoms with Crippen LogP contribution in [0.25, 0.3) is 0 Å². The van der Waals surface area contributed by atoms with Crippen LogP contribution in [0.3, 0.4) is 0 Å². The third-order valence-corrected chi connectivity index (χ3v) is 4.09. The number of rotatable bonds is 2. The summed E-state index contributed by atoms with van der Waals surface area (Å²) in [6.45, 7) is 2.31. The number of likely N-dealkylation sites (tertiary alicyclic amines) is 1. The molecular weight excluding hydrogens is 202 g/mol. The summed E-state index contributed by atoms with van der Waals surface area (Å²) in [7, 11) is -3.41. The lowest BCUT2D eigenvalue weighted by molar-refractivity contribution is 0.389. The molecule has 2 N–H and O–H groups in total. The number of aliphatic imine (C=N–C) groups is 1. The Morgan fingerprint density at radius 3 is 2.57 bits per heavy atom. The Bertz CT molecular complexity index is 391. The fourth-order valence-corrected chi connectivity index (χ4v) is 2.68. The zero-order valence-electron chi connectivity index (χ0n) is 7.81. The summed E-state index contributed by atoms with van der Waals surface area (Å²) >= 11 is 0.